The maximum atomic E-state index is 12.5. The Hall–Kier alpha value is -1.85. The molecule has 6 nitrogen and oxygen atoms in total. The van der Waals surface area contributed by atoms with Gasteiger partial charge in [-0.1, -0.05) is 11.8 Å². The SMILES string of the molecule is CCN=C1S[C@@H](CC(=O)Nc2sc3c(c2C#N)CCCC3)C(=O)N1CC. The van der Waals surface area contributed by atoms with E-state index in [9.17, 15) is 14.9 Å². The number of thiophene rings is 1. The van der Waals surface area contributed by atoms with Crippen LogP contribution in [-0.4, -0.2) is 40.2 Å². The Labute approximate surface area is 161 Å². The molecule has 1 atom stereocenters. The Morgan fingerprint density at radius 1 is 1.38 bits per heavy atom. The molecule has 0 unspecified atom stereocenters. The second kappa shape index (κ2) is 8.23. The highest BCUT2D eigenvalue weighted by Crippen LogP contribution is 2.38. The average Bonchev–Trinajstić information content (AvgIpc) is 3.12. The van der Waals surface area contributed by atoms with Crippen LogP contribution in [0, 0.1) is 11.3 Å². The summed E-state index contributed by atoms with van der Waals surface area (Å²) in [6, 6.07) is 2.25. The summed E-state index contributed by atoms with van der Waals surface area (Å²) in [5, 5.41) is 13.3. The Kier molecular flexibility index (Phi) is 5.99. The molecule has 0 radical (unpaired) electrons. The monoisotopic (exact) mass is 390 g/mol. The van der Waals surface area contributed by atoms with Gasteiger partial charge in [-0.2, -0.15) is 5.26 Å². The molecule has 2 heterocycles. The molecule has 1 saturated heterocycles. The number of anilines is 1. The summed E-state index contributed by atoms with van der Waals surface area (Å²) in [7, 11) is 0. The topological polar surface area (TPSA) is 85.6 Å². The number of amides is 2. The van der Waals surface area contributed by atoms with Crippen LogP contribution in [0.4, 0.5) is 5.00 Å². The van der Waals surface area contributed by atoms with E-state index < -0.39 is 5.25 Å². The number of hydrogen-bond donors (Lipinski definition) is 1. The van der Waals surface area contributed by atoms with Gasteiger partial charge in [0, 0.05) is 24.4 Å². The van der Waals surface area contributed by atoms with E-state index in [4.69, 9.17) is 0 Å². The molecule has 1 aromatic heterocycles. The lowest BCUT2D eigenvalue weighted by molar-refractivity contribution is -0.128. The van der Waals surface area contributed by atoms with Crippen molar-refractivity contribution in [3.05, 3.63) is 16.0 Å². The lowest BCUT2D eigenvalue weighted by atomic mass is 9.96. The third-order valence-electron chi connectivity index (χ3n) is 4.54. The highest BCUT2D eigenvalue weighted by Gasteiger charge is 2.38. The summed E-state index contributed by atoms with van der Waals surface area (Å²) < 4.78 is 0. The zero-order valence-electron chi connectivity index (χ0n) is 15.0. The van der Waals surface area contributed by atoms with Gasteiger partial charge in [0.2, 0.25) is 11.8 Å². The van der Waals surface area contributed by atoms with Crippen LogP contribution >= 0.6 is 23.1 Å². The number of carbonyl (C=O) groups excluding carboxylic acids is 2. The van der Waals surface area contributed by atoms with Crippen LogP contribution in [-0.2, 0) is 22.4 Å². The van der Waals surface area contributed by atoms with Crippen molar-refractivity contribution in [3.63, 3.8) is 0 Å². The first-order chi connectivity index (χ1) is 12.6. The van der Waals surface area contributed by atoms with Gasteiger partial charge in [-0.25, -0.2) is 0 Å². The smallest absolute Gasteiger partial charge is 0.242 e. The number of aliphatic imine (C=N–C) groups is 1. The Morgan fingerprint density at radius 3 is 2.85 bits per heavy atom. The van der Waals surface area contributed by atoms with E-state index in [0.29, 0.717) is 28.8 Å². The van der Waals surface area contributed by atoms with E-state index in [0.717, 1.165) is 31.2 Å². The zero-order chi connectivity index (χ0) is 18.7. The van der Waals surface area contributed by atoms with Gasteiger partial charge < -0.3 is 5.32 Å². The summed E-state index contributed by atoms with van der Waals surface area (Å²) in [5.41, 5.74) is 1.70. The van der Waals surface area contributed by atoms with Crippen LogP contribution in [0.3, 0.4) is 0 Å². The Balaban J connectivity index is 1.70. The minimum atomic E-state index is -0.444. The van der Waals surface area contributed by atoms with E-state index in [-0.39, 0.29) is 18.2 Å². The van der Waals surface area contributed by atoms with Crippen molar-refractivity contribution in [2.75, 3.05) is 18.4 Å². The van der Waals surface area contributed by atoms with Crippen LogP contribution in [0.15, 0.2) is 4.99 Å². The molecule has 1 aliphatic heterocycles. The molecule has 2 amide bonds. The quantitative estimate of drug-likeness (QED) is 0.837. The number of nitriles is 1. The number of amidine groups is 1. The minimum absolute atomic E-state index is 0.0640. The normalized spacial score (nSPS) is 21.0. The van der Waals surface area contributed by atoms with Crippen molar-refractivity contribution < 1.29 is 9.59 Å². The number of hydrogen-bond acceptors (Lipinski definition) is 6. The van der Waals surface area contributed by atoms with E-state index in [1.165, 1.54) is 28.0 Å². The number of fused-ring (bicyclic) bond motifs is 1. The fraction of sp³-hybridized carbons (Fsp3) is 0.556. The Bertz CT molecular complexity index is 794. The molecule has 1 N–H and O–H groups in total. The van der Waals surface area contributed by atoms with E-state index in [2.05, 4.69) is 16.4 Å². The molecule has 1 aliphatic carbocycles. The maximum Gasteiger partial charge on any atom is 0.242 e. The van der Waals surface area contributed by atoms with Gasteiger partial charge in [0.1, 0.15) is 16.3 Å². The van der Waals surface area contributed by atoms with Gasteiger partial charge in [-0.05, 0) is 45.1 Å². The first-order valence-corrected chi connectivity index (χ1v) is 10.7. The van der Waals surface area contributed by atoms with Crippen molar-refractivity contribution in [3.8, 4) is 6.07 Å². The van der Waals surface area contributed by atoms with Gasteiger partial charge in [0.05, 0.1) is 5.56 Å². The van der Waals surface area contributed by atoms with Gasteiger partial charge >= 0.3 is 0 Å². The highest BCUT2D eigenvalue weighted by atomic mass is 32.2. The second-order valence-corrected chi connectivity index (χ2v) is 8.50. The van der Waals surface area contributed by atoms with Crippen molar-refractivity contribution in [2.24, 2.45) is 4.99 Å². The number of nitrogens with zero attached hydrogens (tertiary/aromatic N) is 3. The number of carbonyl (C=O) groups is 2. The highest BCUT2D eigenvalue weighted by molar-refractivity contribution is 8.15. The van der Waals surface area contributed by atoms with Crippen molar-refractivity contribution in [1.29, 1.82) is 5.26 Å². The molecule has 8 heteroatoms. The third kappa shape index (κ3) is 3.64. The van der Waals surface area contributed by atoms with Gasteiger partial charge in [0.15, 0.2) is 5.17 Å². The number of rotatable bonds is 5. The summed E-state index contributed by atoms with van der Waals surface area (Å²) in [4.78, 5) is 32.2. The predicted molar refractivity (Wildman–Crippen MR) is 106 cm³/mol. The largest absolute Gasteiger partial charge is 0.317 e. The second-order valence-electron chi connectivity index (χ2n) is 6.23. The number of aryl methyl sites for hydroxylation is 1. The van der Waals surface area contributed by atoms with Crippen molar-refractivity contribution >= 4 is 45.1 Å². The Morgan fingerprint density at radius 2 is 2.15 bits per heavy atom. The fourth-order valence-electron chi connectivity index (χ4n) is 3.31. The van der Waals surface area contributed by atoms with Gasteiger partial charge in [0.25, 0.3) is 0 Å². The van der Waals surface area contributed by atoms with Crippen molar-refractivity contribution in [1.82, 2.24) is 4.90 Å². The first-order valence-electron chi connectivity index (χ1n) is 8.96. The van der Waals surface area contributed by atoms with Crippen LogP contribution in [0.5, 0.6) is 0 Å². The maximum absolute atomic E-state index is 12.5. The molecular weight excluding hydrogens is 368 g/mol. The lowest BCUT2D eigenvalue weighted by Gasteiger charge is -2.13. The summed E-state index contributed by atoms with van der Waals surface area (Å²) in [5.74, 6) is -0.287. The summed E-state index contributed by atoms with van der Waals surface area (Å²) >= 11 is 2.86. The molecule has 2 aliphatic rings. The molecular formula is C18H22N4O2S2. The third-order valence-corrected chi connectivity index (χ3v) is 6.96. The van der Waals surface area contributed by atoms with E-state index in [1.807, 2.05) is 13.8 Å². The minimum Gasteiger partial charge on any atom is -0.317 e. The fourth-order valence-corrected chi connectivity index (χ4v) is 5.83. The van der Waals surface area contributed by atoms with Crippen LogP contribution < -0.4 is 5.32 Å². The molecule has 0 bridgehead atoms. The van der Waals surface area contributed by atoms with Crippen molar-refractivity contribution in [2.45, 2.75) is 51.2 Å². The number of thioether (sulfide) groups is 1. The van der Waals surface area contributed by atoms with E-state index >= 15 is 0 Å². The van der Waals surface area contributed by atoms with Crippen LogP contribution in [0.2, 0.25) is 0 Å². The summed E-state index contributed by atoms with van der Waals surface area (Å²) in [6.07, 6.45) is 4.20. The van der Waals surface area contributed by atoms with Gasteiger partial charge in [-0.3, -0.25) is 19.5 Å². The zero-order valence-corrected chi connectivity index (χ0v) is 16.6. The molecule has 1 fully saturated rings. The first kappa shape index (κ1) is 18.9. The molecule has 0 aromatic carbocycles. The average molecular weight is 391 g/mol. The van der Waals surface area contributed by atoms with E-state index in [1.54, 1.807) is 4.90 Å². The molecule has 0 spiro atoms. The van der Waals surface area contributed by atoms with Gasteiger partial charge in [-0.15, -0.1) is 11.3 Å². The lowest BCUT2D eigenvalue weighted by Crippen LogP contribution is -2.33. The van der Waals surface area contributed by atoms with Crippen LogP contribution in [0.1, 0.15) is 49.1 Å². The molecule has 3 rings (SSSR count). The molecule has 1 aromatic rings. The molecule has 0 saturated carbocycles. The number of nitrogens with one attached hydrogen (secondary N) is 1. The predicted octanol–water partition coefficient (Wildman–Crippen LogP) is 3.17. The molecule has 138 valence electrons. The molecule has 26 heavy (non-hydrogen) atoms. The van der Waals surface area contributed by atoms with Crippen LogP contribution in [0.25, 0.3) is 0 Å². The standard InChI is InChI=1S/C18H22N4O2S2/c1-3-20-18-22(4-2)17(24)14(26-18)9-15(23)21-16-12(10-19)11-7-5-6-8-13(11)25-16/h14H,3-9H2,1-2H3,(H,21,23)/t14-/m0/s1. The summed E-state index contributed by atoms with van der Waals surface area (Å²) in [6.45, 7) is 4.99.